The van der Waals surface area contributed by atoms with Crippen LogP contribution < -0.4 is 4.84 Å². The second kappa shape index (κ2) is 5.63. The second-order valence-corrected chi connectivity index (χ2v) is 4.92. The normalized spacial score (nSPS) is 33.2. The van der Waals surface area contributed by atoms with Crippen molar-refractivity contribution in [1.82, 2.24) is 4.73 Å². The van der Waals surface area contributed by atoms with Gasteiger partial charge in [-0.2, -0.15) is 4.73 Å². The van der Waals surface area contributed by atoms with Crippen molar-refractivity contribution in [2.75, 3.05) is 6.61 Å². The summed E-state index contributed by atoms with van der Waals surface area (Å²) in [6, 6.07) is 10.3. The molecule has 1 aliphatic rings. The molecule has 1 radical (unpaired) electrons. The summed E-state index contributed by atoms with van der Waals surface area (Å²) in [5.74, 6) is 0. The Morgan fingerprint density at radius 3 is 2.67 bits per heavy atom. The Morgan fingerprint density at radius 2 is 1.90 bits per heavy atom. The first-order chi connectivity index (χ1) is 10.1. The summed E-state index contributed by atoms with van der Waals surface area (Å²) in [5.41, 5.74) is 0.717. The lowest BCUT2D eigenvalue weighted by atomic mass is 9.99. The molecule has 113 valence electrons. The molecular formula is C14H16NO6. The van der Waals surface area contributed by atoms with Crippen LogP contribution in [-0.4, -0.2) is 62.5 Å². The van der Waals surface area contributed by atoms with E-state index >= 15 is 0 Å². The van der Waals surface area contributed by atoms with Crippen LogP contribution in [0.25, 0.3) is 10.9 Å². The molecule has 0 spiro atoms. The molecule has 1 fully saturated rings. The van der Waals surface area contributed by atoms with E-state index in [2.05, 4.69) is 6.07 Å². The van der Waals surface area contributed by atoms with Crippen LogP contribution in [0.5, 0.6) is 0 Å². The van der Waals surface area contributed by atoms with Gasteiger partial charge in [0.1, 0.15) is 24.4 Å². The largest absolute Gasteiger partial charge is 0.394 e. The number of aliphatic hydroxyl groups excluding tert-OH is 4. The van der Waals surface area contributed by atoms with E-state index in [9.17, 15) is 15.3 Å². The molecule has 7 heteroatoms. The Hall–Kier alpha value is -1.64. The fraction of sp³-hybridized carbons (Fsp3) is 0.429. The third-order valence-electron chi connectivity index (χ3n) is 3.54. The lowest BCUT2D eigenvalue weighted by molar-refractivity contribution is -0.299. The Morgan fingerprint density at radius 1 is 1.14 bits per heavy atom. The number of para-hydroxylation sites is 1. The number of nitrogens with zero attached hydrogens (tertiary/aromatic N) is 1. The van der Waals surface area contributed by atoms with E-state index < -0.39 is 37.3 Å². The first-order valence-electron chi connectivity index (χ1n) is 6.57. The highest BCUT2D eigenvalue weighted by atomic mass is 16.8. The summed E-state index contributed by atoms with van der Waals surface area (Å²) in [6.07, 6.45) is -5.00. The molecule has 1 saturated heterocycles. The number of hydrogen-bond donors (Lipinski definition) is 4. The van der Waals surface area contributed by atoms with Crippen LogP contribution in [0.4, 0.5) is 0 Å². The van der Waals surface area contributed by atoms with Gasteiger partial charge in [0, 0.05) is 11.5 Å². The Kier molecular flexibility index (Phi) is 3.83. The van der Waals surface area contributed by atoms with Gasteiger partial charge in [-0.1, -0.05) is 18.2 Å². The van der Waals surface area contributed by atoms with Crippen LogP contribution in [0.2, 0.25) is 0 Å². The molecule has 4 N–H and O–H groups in total. The van der Waals surface area contributed by atoms with Crippen LogP contribution in [0.3, 0.4) is 0 Å². The van der Waals surface area contributed by atoms with Crippen molar-refractivity contribution in [3.8, 4) is 0 Å². The van der Waals surface area contributed by atoms with Gasteiger partial charge in [-0.15, -0.1) is 0 Å². The molecule has 7 nitrogen and oxygen atoms in total. The highest BCUT2D eigenvalue weighted by molar-refractivity contribution is 5.78. The lowest BCUT2D eigenvalue weighted by Gasteiger charge is -2.39. The van der Waals surface area contributed by atoms with Crippen molar-refractivity contribution < 1.29 is 30.0 Å². The van der Waals surface area contributed by atoms with Gasteiger partial charge in [-0.25, -0.2) is 0 Å². The van der Waals surface area contributed by atoms with Crippen LogP contribution in [0, 0.1) is 6.07 Å². The van der Waals surface area contributed by atoms with Crippen molar-refractivity contribution in [2.24, 2.45) is 0 Å². The third kappa shape index (κ3) is 2.50. The standard InChI is InChI=1S/C14H16NO6/c16-7-10-11(17)12(18)13(19)14(20-10)21-15-6-5-8-3-1-2-4-9(8)15/h1-4,6,10-14,16-19H,7H2/t10-,11-,12+,13-,14+/m1/s1. The van der Waals surface area contributed by atoms with E-state index in [4.69, 9.17) is 14.7 Å². The predicted octanol–water partition coefficient (Wildman–Crippen LogP) is -1.33. The molecule has 0 unspecified atom stereocenters. The Bertz CT molecular complexity index is 612. The fourth-order valence-corrected chi connectivity index (χ4v) is 2.34. The van der Waals surface area contributed by atoms with E-state index in [1.165, 1.54) is 10.9 Å². The molecule has 0 bridgehead atoms. The molecule has 21 heavy (non-hydrogen) atoms. The van der Waals surface area contributed by atoms with Gasteiger partial charge in [0.2, 0.25) is 0 Å². The highest BCUT2D eigenvalue weighted by Gasteiger charge is 2.45. The summed E-state index contributed by atoms with van der Waals surface area (Å²) < 4.78 is 6.65. The smallest absolute Gasteiger partial charge is 0.254 e. The van der Waals surface area contributed by atoms with E-state index in [1.54, 1.807) is 6.07 Å². The van der Waals surface area contributed by atoms with Gasteiger partial charge in [0.05, 0.1) is 18.3 Å². The van der Waals surface area contributed by atoms with Gasteiger partial charge >= 0.3 is 0 Å². The zero-order valence-corrected chi connectivity index (χ0v) is 11.0. The van der Waals surface area contributed by atoms with Gasteiger partial charge in [0.25, 0.3) is 6.29 Å². The molecule has 0 aliphatic carbocycles. The topological polar surface area (TPSA) is 104 Å². The minimum atomic E-state index is -1.47. The number of benzene rings is 1. The number of fused-ring (bicyclic) bond motifs is 1. The fourth-order valence-electron chi connectivity index (χ4n) is 2.34. The van der Waals surface area contributed by atoms with E-state index in [1.807, 2.05) is 18.2 Å². The Labute approximate surface area is 120 Å². The van der Waals surface area contributed by atoms with E-state index in [0.29, 0.717) is 0 Å². The summed E-state index contributed by atoms with van der Waals surface area (Å²) in [7, 11) is 0. The van der Waals surface area contributed by atoms with Crippen molar-refractivity contribution in [2.45, 2.75) is 30.7 Å². The summed E-state index contributed by atoms with van der Waals surface area (Å²) in [5, 5.41) is 39.3. The molecule has 2 heterocycles. The number of ether oxygens (including phenoxy) is 1. The number of rotatable bonds is 3. The zero-order chi connectivity index (χ0) is 15.0. The van der Waals surface area contributed by atoms with Gasteiger partial charge in [-0.05, 0) is 6.07 Å². The van der Waals surface area contributed by atoms with Crippen molar-refractivity contribution in [1.29, 1.82) is 0 Å². The first-order valence-corrected chi connectivity index (χ1v) is 6.57. The average Bonchev–Trinajstić information content (AvgIpc) is 2.91. The molecule has 0 amide bonds. The van der Waals surface area contributed by atoms with Crippen LogP contribution >= 0.6 is 0 Å². The quantitative estimate of drug-likeness (QED) is 0.559. The molecule has 5 atom stereocenters. The molecule has 2 aromatic rings. The first kappa shape index (κ1) is 14.3. The maximum atomic E-state index is 9.93. The molecular weight excluding hydrogens is 278 g/mol. The SMILES string of the molecule is OC[C@H]1O[C@@H](On2c[c]c3ccccc32)[C@H](O)[C@@H](O)[C@@H]1O. The predicted molar refractivity (Wildman–Crippen MR) is 71.1 cm³/mol. The summed E-state index contributed by atoms with van der Waals surface area (Å²) >= 11 is 0. The van der Waals surface area contributed by atoms with Crippen LogP contribution in [-0.2, 0) is 4.74 Å². The van der Waals surface area contributed by atoms with Gasteiger partial charge < -0.3 is 30.0 Å². The zero-order valence-electron chi connectivity index (χ0n) is 11.0. The van der Waals surface area contributed by atoms with Crippen molar-refractivity contribution in [3.05, 3.63) is 36.5 Å². The lowest BCUT2D eigenvalue weighted by Crippen LogP contribution is -2.61. The minimum absolute atomic E-state index is 0.497. The number of aromatic nitrogens is 1. The second-order valence-electron chi connectivity index (χ2n) is 4.92. The molecule has 1 aromatic carbocycles. The molecule has 3 rings (SSSR count). The number of aliphatic hydroxyl groups is 4. The van der Waals surface area contributed by atoms with Crippen LogP contribution in [0.15, 0.2) is 30.5 Å². The summed E-state index contributed by atoms with van der Waals surface area (Å²) in [6.45, 7) is -0.497. The minimum Gasteiger partial charge on any atom is -0.394 e. The Balaban J connectivity index is 1.83. The number of hydrogen-bond acceptors (Lipinski definition) is 6. The molecule has 0 saturated carbocycles. The van der Waals surface area contributed by atoms with Crippen molar-refractivity contribution >= 4 is 10.9 Å². The highest BCUT2D eigenvalue weighted by Crippen LogP contribution is 2.22. The monoisotopic (exact) mass is 294 g/mol. The third-order valence-corrected chi connectivity index (χ3v) is 3.54. The molecule has 1 aliphatic heterocycles. The van der Waals surface area contributed by atoms with E-state index in [-0.39, 0.29) is 0 Å². The van der Waals surface area contributed by atoms with E-state index in [0.717, 1.165) is 10.9 Å². The summed E-state index contributed by atoms with van der Waals surface area (Å²) in [4.78, 5) is 5.50. The van der Waals surface area contributed by atoms with Gasteiger partial charge in [-0.3, -0.25) is 0 Å². The maximum absolute atomic E-state index is 9.93. The average molecular weight is 294 g/mol. The van der Waals surface area contributed by atoms with Crippen LogP contribution in [0.1, 0.15) is 0 Å². The maximum Gasteiger partial charge on any atom is 0.254 e. The molecule has 1 aromatic heterocycles. The van der Waals surface area contributed by atoms with Crippen molar-refractivity contribution in [3.63, 3.8) is 0 Å². The van der Waals surface area contributed by atoms with Gasteiger partial charge in [0.15, 0.2) is 0 Å².